The fourth-order valence-electron chi connectivity index (χ4n) is 7.42. The smallest absolute Gasteiger partial charge is 0.227 e. The summed E-state index contributed by atoms with van der Waals surface area (Å²) < 4.78 is 6.39. The second kappa shape index (κ2) is 10.6. The fraction of sp³-hybridized carbons (Fsp3) is 0.0682. The molecule has 1 aliphatic rings. The van der Waals surface area contributed by atoms with E-state index in [1.807, 2.05) is 36.4 Å². The molecule has 224 valence electrons. The summed E-state index contributed by atoms with van der Waals surface area (Å²) in [7, 11) is 0. The lowest BCUT2D eigenvalue weighted by Gasteiger charge is -2.30. The van der Waals surface area contributed by atoms with E-state index < -0.39 is 0 Å². The Morgan fingerprint density at radius 1 is 0.532 bits per heavy atom. The summed E-state index contributed by atoms with van der Waals surface area (Å²) >= 11 is 0. The van der Waals surface area contributed by atoms with Crippen LogP contribution in [-0.4, -0.2) is 4.98 Å². The molecule has 3 heteroatoms. The van der Waals surface area contributed by atoms with Crippen molar-refractivity contribution in [2.45, 2.75) is 19.3 Å². The van der Waals surface area contributed by atoms with E-state index in [4.69, 9.17) is 9.40 Å². The van der Waals surface area contributed by atoms with Crippen LogP contribution in [0.15, 0.2) is 162 Å². The molecule has 0 radical (unpaired) electrons. The fourth-order valence-corrected chi connectivity index (χ4v) is 7.42. The zero-order valence-corrected chi connectivity index (χ0v) is 26.3. The van der Waals surface area contributed by atoms with Crippen molar-refractivity contribution >= 4 is 38.9 Å². The molecule has 7 aromatic carbocycles. The second-order valence-electron chi connectivity index (χ2n) is 12.8. The van der Waals surface area contributed by atoms with E-state index in [1.54, 1.807) is 0 Å². The van der Waals surface area contributed by atoms with Crippen molar-refractivity contribution in [3.05, 3.63) is 169 Å². The Bertz CT molecular complexity index is 2440. The first-order valence-corrected chi connectivity index (χ1v) is 16.1. The number of oxazole rings is 1. The van der Waals surface area contributed by atoms with Gasteiger partial charge in [-0.25, -0.2) is 4.98 Å². The van der Waals surface area contributed by atoms with Crippen LogP contribution < -0.4 is 4.90 Å². The minimum Gasteiger partial charge on any atom is -0.436 e. The van der Waals surface area contributed by atoms with Gasteiger partial charge in [-0.15, -0.1) is 0 Å². The van der Waals surface area contributed by atoms with Crippen LogP contribution in [0, 0.1) is 0 Å². The Kier molecular flexibility index (Phi) is 6.16. The van der Waals surface area contributed by atoms with Crippen LogP contribution in [-0.2, 0) is 5.41 Å². The zero-order chi connectivity index (χ0) is 31.5. The van der Waals surface area contributed by atoms with Crippen LogP contribution in [0.5, 0.6) is 0 Å². The molecule has 3 nitrogen and oxygen atoms in total. The van der Waals surface area contributed by atoms with Crippen molar-refractivity contribution in [2.24, 2.45) is 0 Å². The Labute approximate surface area is 274 Å². The number of rotatable bonds is 5. The minimum absolute atomic E-state index is 0.0720. The molecule has 9 rings (SSSR count). The third kappa shape index (κ3) is 4.31. The molecule has 1 heterocycles. The predicted octanol–water partition coefficient (Wildman–Crippen LogP) is 12.1. The molecule has 1 aromatic heterocycles. The Morgan fingerprint density at radius 2 is 1.19 bits per heavy atom. The van der Waals surface area contributed by atoms with Gasteiger partial charge in [-0.2, -0.15) is 0 Å². The summed E-state index contributed by atoms with van der Waals surface area (Å²) in [5, 5.41) is 2.16. The van der Waals surface area contributed by atoms with E-state index in [0.29, 0.717) is 5.89 Å². The number of hydrogen-bond acceptors (Lipinski definition) is 3. The summed E-state index contributed by atoms with van der Waals surface area (Å²) in [6, 6.07) is 56.0. The molecular weight excluding hydrogens is 572 g/mol. The second-order valence-corrected chi connectivity index (χ2v) is 12.8. The van der Waals surface area contributed by atoms with E-state index in [0.717, 1.165) is 50.1 Å². The lowest BCUT2D eigenvalue weighted by molar-refractivity contribution is 0.620. The number of nitrogens with zero attached hydrogens (tertiary/aromatic N) is 2. The van der Waals surface area contributed by atoms with Gasteiger partial charge in [0.1, 0.15) is 5.52 Å². The Morgan fingerprint density at radius 3 is 2.00 bits per heavy atom. The van der Waals surface area contributed by atoms with Crippen molar-refractivity contribution < 1.29 is 4.42 Å². The van der Waals surface area contributed by atoms with E-state index >= 15 is 0 Å². The Hall–Kier alpha value is -5.93. The topological polar surface area (TPSA) is 29.3 Å². The van der Waals surface area contributed by atoms with Gasteiger partial charge in [-0.05, 0) is 75.7 Å². The van der Waals surface area contributed by atoms with Gasteiger partial charge in [0.25, 0.3) is 0 Å². The van der Waals surface area contributed by atoms with Crippen LogP contribution in [0.3, 0.4) is 0 Å². The van der Waals surface area contributed by atoms with E-state index in [1.165, 1.54) is 27.8 Å². The quantitative estimate of drug-likeness (QED) is 0.196. The highest BCUT2D eigenvalue weighted by molar-refractivity contribution is 6.13. The molecule has 0 saturated heterocycles. The first-order chi connectivity index (χ1) is 23.1. The van der Waals surface area contributed by atoms with Crippen molar-refractivity contribution in [3.8, 4) is 33.7 Å². The van der Waals surface area contributed by atoms with Gasteiger partial charge >= 0.3 is 0 Å². The zero-order valence-electron chi connectivity index (χ0n) is 26.3. The average molecular weight is 605 g/mol. The summed E-state index contributed by atoms with van der Waals surface area (Å²) in [5.41, 5.74) is 13.4. The van der Waals surface area contributed by atoms with Crippen molar-refractivity contribution in [1.29, 1.82) is 0 Å². The molecular formula is C44H32N2O. The highest BCUT2D eigenvalue weighted by atomic mass is 16.3. The van der Waals surface area contributed by atoms with Gasteiger partial charge in [0.05, 0.1) is 11.4 Å². The van der Waals surface area contributed by atoms with E-state index in [2.05, 4.69) is 140 Å². The van der Waals surface area contributed by atoms with Gasteiger partial charge in [0.15, 0.2) is 5.58 Å². The molecule has 8 aromatic rings. The van der Waals surface area contributed by atoms with Crippen LogP contribution in [0.1, 0.15) is 25.0 Å². The third-order valence-electron chi connectivity index (χ3n) is 9.70. The first kappa shape index (κ1) is 27.4. The molecule has 0 aliphatic heterocycles. The van der Waals surface area contributed by atoms with E-state index in [9.17, 15) is 0 Å². The molecule has 0 spiro atoms. The van der Waals surface area contributed by atoms with E-state index in [-0.39, 0.29) is 5.41 Å². The minimum atomic E-state index is -0.0720. The lowest BCUT2D eigenvalue weighted by Crippen LogP contribution is -2.15. The van der Waals surface area contributed by atoms with Crippen LogP contribution in [0.4, 0.5) is 17.1 Å². The van der Waals surface area contributed by atoms with Gasteiger partial charge in [0.2, 0.25) is 5.89 Å². The summed E-state index contributed by atoms with van der Waals surface area (Å²) in [5.74, 6) is 0.621. The SMILES string of the molecule is CC1(C)c2ccccc2-c2cc(N(c3ccccc3-c3ccccc3)c3cccc4ccc5oc(-c6ccccc6)nc5c34)ccc21. The van der Waals surface area contributed by atoms with Gasteiger partial charge in [-0.3, -0.25) is 0 Å². The summed E-state index contributed by atoms with van der Waals surface area (Å²) in [4.78, 5) is 7.55. The van der Waals surface area contributed by atoms with Gasteiger partial charge < -0.3 is 9.32 Å². The molecule has 47 heavy (non-hydrogen) atoms. The van der Waals surface area contributed by atoms with Crippen LogP contribution in [0.25, 0.3) is 55.6 Å². The molecule has 0 unspecified atom stereocenters. The van der Waals surface area contributed by atoms with Gasteiger partial charge in [0, 0.05) is 27.6 Å². The Balaban J connectivity index is 1.34. The van der Waals surface area contributed by atoms with Crippen molar-refractivity contribution in [3.63, 3.8) is 0 Å². The first-order valence-electron chi connectivity index (χ1n) is 16.1. The largest absolute Gasteiger partial charge is 0.436 e. The van der Waals surface area contributed by atoms with Crippen molar-refractivity contribution in [2.75, 3.05) is 4.90 Å². The molecule has 1 aliphatic carbocycles. The predicted molar refractivity (Wildman–Crippen MR) is 195 cm³/mol. The average Bonchev–Trinajstić information content (AvgIpc) is 3.66. The maximum atomic E-state index is 6.39. The summed E-state index contributed by atoms with van der Waals surface area (Å²) in [6.45, 7) is 4.66. The van der Waals surface area contributed by atoms with Crippen LogP contribution in [0.2, 0.25) is 0 Å². The highest BCUT2D eigenvalue weighted by Crippen LogP contribution is 2.52. The molecule has 0 amide bonds. The molecule has 0 bridgehead atoms. The number of hydrogen-bond donors (Lipinski definition) is 0. The van der Waals surface area contributed by atoms with Crippen LogP contribution >= 0.6 is 0 Å². The third-order valence-corrected chi connectivity index (χ3v) is 9.70. The lowest BCUT2D eigenvalue weighted by atomic mass is 9.82. The number of aromatic nitrogens is 1. The number of benzene rings is 7. The summed E-state index contributed by atoms with van der Waals surface area (Å²) in [6.07, 6.45) is 0. The highest BCUT2D eigenvalue weighted by Gasteiger charge is 2.35. The molecule has 0 atom stereocenters. The maximum absolute atomic E-state index is 6.39. The number of anilines is 3. The maximum Gasteiger partial charge on any atom is 0.227 e. The number of para-hydroxylation sites is 1. The standard InChI is InChI=1S/C44H32N2O/c1-44(2)36-21-11-9-20-34(36)35-28-32(25-26-37(35)44)46(38-22-12-10-19-33(38)29-14-5-3-6-15-29)39-23-13-18-30-24-27-40-42(41(30)39)45-43(47-40)31-16-7-4-8-17-31/h3-28H,1-2H3. The number of fused-ring (bicyclic) bond motifs is 6. The molecule has 0 fully saturated rings. The molecule has 0 saturated carbocycles. The monoisotopic (exact) mass is 604 g/mol. The normalized spacial score (nSPS) is 13.1. The van der Waals surface area contributed by atoms with Crippen molar-refractivity contribution in [1.82, 2.24) is 4.98 Å². The molecule has 0 N–H and O–H groups in total. The van der Waals surface area contributed by atoms with Gasteiger partial charge in [-0.1, -0.05) is 129 Å².